The number of ether oxygens (including phenoxy) is 1. The van der Waals surface area contributed by atoms with Crippen molar-refractivity contribution in [2.45, 2.75) is 47.8 Å². The van der Waals surface area contributed by atoms with Crippen molar-refractivity contribution in [2.75, 3.05) is 6.61 Å². The zero-order valence-electron chi connectivity index (χ0n) is 11.4. The summed E-state index contributed by atoms with van der Waals surface area (Å²) in [5.74, 6) is 0. The minimum absolute atomic E-state index is 0.227. The molecule has 0 spiro atoms. The Morgan fingerprint density at radius 3 is 2.81 bits per heavy atom. The Kier molecular flexibility index (Phi) is 4.33. The predicted molar refractivity (Wildman–Crippen MR) is 75.4 cm³/mol. The van der Waals surface area contributed by atoms with E-state index in [1.54, 1.807) is 6.20 Å². The number of nitrogens with zero attached hydrogens (tertiary/aromatic N) is 1. The van der Waals surface area contributed by atoms with Gasteiger partial charge in [-0.25, -0.2) is 0 Å². The van der Waals surface area contributed by atoms with E-state index in [1.807, 2.05) is 0 Å². The molecule has 116 valence electrons. The standard InChI is InChI=1S/C13H18N2O5Se/c16-5-10-9(17)3-11(20-10)15-4-7(6-21-8-1-2-8)12(18)14-13(15)19/h4,8-11,16-17H,1-3,5-6H2,(H,14,18,19)/t9-,10+,11+/m0/s1. The van der Waals surface area contributed by atoms with Crippen LogP contribution in [0.15, 0.2) is 15.8 Å². The number of nitrogens with one attached hydrogen (secondary N) is 1. The molecule has 1 aromatic rings. The van der Waals surface area contributed by atoms with Crippen molar-refractivity contribution in [3.63, 3.8) is 0 Å². The third-order valence-corrected chi connectivity index (χ3v) is 6.72. The van der Waals surface area contributed by atoms with Crippen LogP contribution in [0.1, 0.15) is 31.1 Å². The van der Waals surface area contributed by atoms with Crippen molar-refractivity contribution in [3.8, 4) is 0 Å². The molecule has 1 saturated heterocycles. The summed E-state index contributed by atoms with van der Waals surface area (Å²) < 4.78 is 6.79. The second-order valence-corrected chi connectivity index (χ2v) is 8.15. The molecule has 0 radical (unpaired) electrons. The van der Waals surface area contributed by atoms with E-state index >= 15 is 0 Å². The summed E-state index contributed by atoms with van der Waals surface area (Å²) in [6.45, 7) is -0.298. The summed E-state index contributed by atoms with van der Waals surface area (Å²) in [7, 11) is 0. The topological polar surface area (TPSA) is 105 Å². The minimum atomic E-state index is -0.807. The molecular weight excluding hydrogens is 343 g/mol. The van der Waals surface area contributed by atoms with Crippen LogP contribution in [-0.4, -0.2) is 53.5 Å². The number of hydrogen-bond donors (Lipinski definition) is 3. The maximum absolute atomic E-state index is 11.9. The number of aliphatic hydroxyl groups is 2. The van der Waals surface area contributed by atoms with Crippen LogP contribution in [0.5, 0.6) is 0 Å². The number of aromatic amines is 1. The van der Waals surface area contributed by atoms with Crippen LogP contribution in [0, 0.1) is 0 Å². The number of rotatable bonds is 5. The van der Waals surface area contributed by atoms with Crippen LogP contribution >= 0.6 is 0 Å². The molecule has 0 amide bonds. The van der Waals surface area contributed by atoms with Crippen molar-refractivity contribution in [3.05, 3.63) is 32.6 Å². The van der Waals surface area contributed by atoms with Gasteiger partial charge in [0.1, 0.15) is 0 Å². The first-order chi connectivity index (χ1) is 10.1. The van der Waals surface area contributed by atoms with E-state index in [4.69, 9.17) is 9.84 Å². The first-order valence-corrected chi connectivity index (χ1v) is 9.19. The Hall–Kier alpha value is -0.921. The fourth-order valence-electron chi connectivity index (χ4n) is 2.34. The van der Waals surface area contributed by atoms with Gasteiger partial charge in [-0.2, -0.15) is 0 Å². The average molecular weight is 361 g/mol. The first kappa shape index (κ1) is 15.0. The average Bonchev–Trinajstić information content (AvgIpc) is 3.20. The fourth-order valence-corrected chi connectivity index (χ4v) is 4.62. The van der Waals surface area contributed by atoms with Crippen LogP contribution in [-0.2, 0) is 10.1 Å². The van der Waals surface area contributed by atoms with Gasteiger partial charge >= 0.3 is 126 Å². The summed E-state index contributed by atoms with van der Waals surface area (Å²) in [5.41, 5.74) is -0.290. The van der Waals surface area contributed by atoms with Crippen LogP contribution in [0.4, 0.5) is 0 Å². The van der Waals surface area contributed by atoms with Gasteiger partial charge in [0, 0.05) is 0 Å². The van der Waals surface area contributed by atoms with Gasteiger partial charge in [-0.15, -0.1) is 0 Å². The van der Waals surface area contributed by atoms with Crippen LogP contribution in [0.3, 0.4) is 0 Å². The zero-order valence-corrected chi connectivity index (χ0v) is 13.1. The molecule has 0 aromatic carbocycles. The molecular formula is C13H18N2O5Se. The molecule has 0 bridgehead atoms. The molecule has 1 saturated carbocycles. The van der Waals surface area contributed by atoms with Crippen molar-refractivity contribution in [2.24, 2.45) is 0 Å². The van der Waals surface area contributed by atoms with Crippen molar-refractivity contribution in [1.82, 2.24) is 9.55 Å². The quantitative estimate of drug-likeness (QED) is 0.582. The molecule has 8 heteroatoms. The molecule has 2 aliphatic rings. The fraction of sp³-hybridized carbons (Fsp3) is 0.692. The third kappa shape index (κ3) is 3.30. The predicted octanol–water partition coefficient (Wildman–Crippen LogP) is -1.04. The number of aliphatic hydroxyl groups excluding tert-OH is 2. The van der Waals surface area contributed by atoms with Gasteiger partial charge in [-0.1, -0.05) is 0 Å². The van der Waals surface area contributed by atoms with E-state index in [0.29, 0.717) is 25.8 Å². The molecule has 1 aliphatic heterocycles. The molecule has 0 unspecified atom stereocenters. The van der Waals surface area contributed by atoms with Crippen LogP contribution in [0.2, 0.25) is 4.82 Å². The summed E-state index contributed by atoms with van der Waals surface area (Å²) in [6.07, 6.45) is 2.12. The molecule has 2 heterocycles. The van der Waals surface area contributed by atoms with Crippen molar-refractivity contribution < 1.29 is 14.9 Å². The molecule has 1 aromatic heterocycles. The second-order valence-electron chi connectivity index (χ2n) is 5.45. The SMILES string of the molecule is O=c1[nH]c(=O)n([C@H]2C[C@H](O)[C@@H](CO)O2)cc1C[Se]C1CC1. The summed E-state index contributed by atoms with van der Waals surface area (Å²) in [5, 5.41) is 19.5. The third-order valence-electron chi connectivity index (χ3n) is 3.73. The Bertz CT molecular complexity index is 624. The van der Waals surface area contributed by atoms with Crippen molar-refractivity contribution in [1.29, 1.82) is 0 Å². The normalized spacial score (nSPS) is 29.0. The summed E-state index contributed by atoms with van der Waals surface area (Å²) in [6, 6.07) is 0. The van der Waals surface area contributed by atoms with Gasteiger partial charge in [-0.05, 0) is 0 Å². The number of H-pyrrole nitrogens is 1. The Labute approximate surface area is 127 Å². The number of hydrogen-bond acceptors (Lipinski definition) is 5. The van der Waals surface area contributed by atoms with E-state index in [2.05, 4.69) is 4.98 Å². The van der Waals surface area contributed by atoms with Gasteiger partial charge in [0.2, 0.25) is 0 Å². The van der Waals surface area contributed by atoms with Crippen molar-refractivity contribution >= 4 is 15.0 Å². The zero-order chi connectivity index (χ0) is 15.0. The Balaban J connectivity index is 1.82. The van der Waals surface area contributed by atoms with E-state index in [9.17, 15) is 14.7 Å². The van der Waals surface area contributed by atoms with E-state index in [-0.39, 0.29) is 18.6 Å². The maximum atomic E-state index is 11.9. The Morgan fingerprint density at radius 1 is 1.43 bits per heavy atom. The summed E-state index contributed by atoms with van der Waals surface area (Å²) >= 11 is 0.388. The van der Waals surface area contributed by atoms with Gasteiger partial charge in [0.15, 0.2) is 0 Å². The summed E-state index contributed by atoms with van der Waals surface area (Å²) in [4.78, 5) is 26.8. The van der Waals surface area contributed by atoms with E-state index in [0.717, 1.165) is 4.82 Å². The monoisotopic (exact) mass is 362 g/mol. The van der Waals surface area contributed by atoms with Gasteiger partial charge in [0.05, 0.1) is 0 Å². The molecule has 2 fully saturated rings. The van der Waals surface area contributed by atoms with E-state index < -0.39 is 24.1 Å². The second kappa shape index (κ2) is 6.06. The molecule has 3 N–H and O–H groups in total. The van der Waals surface area contributed by atoms with Crippen LogP contribution < -0.4 is 11.2 Å². The Morgan fingerprint density at radius 2 is 2.19 bits per heavy atom. The number of aromatic nitrogens is 2. The van der Waals surface area contributed by atoms with E-state index in [1.165, 1.54) is 17.4 Å². The van der Waals surface area contributed by atoms with Gasteiger partial charge in [-0.3, -0.25) is 0 Å². The molecule has 1 aliphatic carbocycles. The molecule has 3 atom stereocenters. The van der Waals surface area contributed by atoms with Crippen LogP contribution in [0.25, 0.3) is 0 Å². The molecule has 7 nitrogen and oxygen atoms in total. The molecule has 21 heavy (non-hydrogen) atoms. The first-order valence-electron chi connectivity index (χ1n) is 6.99. The van der Waals surface area contributed by atoms with Gasteiger partial charge in [0.25, 0.3) is 0 Å². The van der Waals surface area contributed by atoms with Gasteiger partial charge < -0.3 is 0 Å². The molecule has 3 rings (SSSR count).